The number of nitriles is 1. The van der Waals surface area contributed by atoms with Gasteiger partial charge in [-0.1, -0.05) is 22.4 Å². The van der Waals surface area contributed by atoms with Gasteiger partial charge in [0, 0.05) is 4.47 Å². The molecule has 1 atom stereocenters. The van der Waals surface area contributed by atoms with Crippen LogP contribution in [-0.4, -0.2) is 18.5 Å². The van der Waals surface area contributed by atoms with Crippen LogP contribution < -0.4 is 10.6 Å². The number of amides is 1. The third-order valence-corrected chi connectivity index (χ3v) is 4.03. The summed E-state index contributed by atoms with van der Waals surface area (Å²) in [5.41, 5.74) is 0.703. The Balaban J connectivity index is 2.11. The molecule has 20 heavy (non-hydrogen) atoms. The summed E-state index contributed by atoms with van der Waals surface area (Å²) in [5, 5.41) is 14.4. The molecular formula is C14H15BrFN3O. The molecule has 6 heteroatoms. The van der Waals surface area contributed by atoms with Crippen LogP contribution in [0.1, 0.15) is 24.8 Å². The quantitative estimate of drug-likeness (QED) is 0.889. The zero-order chi connectivity index (χ0) is 14.5. The number of halogens is 2. The maximum absolute atomic E-state index is 13.9. The minimum atomic E-state index is -0.525. The van der Waals surface area contributed by atoms with Crippen LogP contribution in [-0.2, 0) is 11.2 Å². The van der Waals surface area contributed by atoms with E-state index in [0.29, 0.717) is 10.0 Å². The average molecular weight is 340 g/mol. The number of carbonyl (C=O) groups excluding carboxylic acids is 1. The van der Waals surface area contributed by atoms with Crippen molar-refractivity contribution in [3.8, 4) is 6.07 Å². The van der Waals surface area contributed by atoms with Gasteiger partial charge in [-0.3, -0.25) is 4.79 Å². The molecule has 0 radical (unpaired) electrons. The molecule has 106 valence electrons. The van der Waals surface area contributed by atoms with Gasteiger partial charge in [0.05, 0.1) is 24.2 Å². The lowest BCUT2D eigenvalue weighted by Crippen LogP contribution is -2.43. The van der Waals surface area contributed by atoms with Gasteiger partial charge in [-0.2, -0.15) is 5.26 Å². The Bertz CT molecular complexity index is 550. The van der Waals surface area contributed by atoms with E-state index in [2.05, 4.69) is 26.6 Å². The van der Waals surface area contributed by atoms with Gasteiger partial charge in [0.1, 0.15) is 5.82 Å². The second kappa shape index (κ2) is 6.82. The van der Waals surface area contributed by atoms with Crippen molar-refractivity contribution in [2.75, 3.05) is 11.9 Å². The number of carbonyl (C=O) groups is 1. The summed E-state index contributed by atoms with van der Waals surface area (Å²) >= 11 is 3.28. The average Bonchev–Trinajstić information content (AvgIpc) is 2.45. The van der Waals surface area contributed by atoms with E-state index in [9.17, 15) is 9.18 Å². The molecule has 1 aromatic carbocycles. The van der Waals surface area contributed by atoms with Crippen molar-refractivity contribution in [2.24, 2.45) is 0 Å². The summed E-state index contributed by atoms with van der Waals surface area (Å²) in [4.78, 5) is 12.0. The number of piperidine rings is 1. The molecule has 1 amide bonds. The first-order valence-corrected chi connectivity index (χ1v) is 7.30. The predicted molar refractivity (Wildman–Crippen MR) is 77.7 cm³/mol. The third kappa shape index (κ3) is 3.56. The maximum Gasteiger partial charge on any atom is 0.241 e. The van der Waals surface area contributed by atoms with Crippen molar-refractivity contribution in [3.05, 3.63) is 28.0 Å². The molecule has 2 rings (SSSR count). The zero-order valence-corrected chi connectivity index (χ0v) is 12.5. The summed E-state index contributed by atoms with van der Waals surface area (Å²) in [5.74, 6) is -0.744. The van der Waals surface area contributed by atoms with E-state index < -0.39 is 5.82 Å². The van der Waals surface area contributed by atoms with E-state index in [1.54, 1.807) is 0 Å². The molecule has 1 aliphatic heterocycles. The summed E-state index contributed by atoms with van der Waals surface area (Å²) in [6, 6.07) is 4.48. The van der Waals surface area contributed by atoms with Crippen molar-refractivity contribution >= 4 is 27.5 Å². The minimum Gasteiger partial charge on any atom is -0.322 e. The molecule has 1 saturated heterocycles. The van der Waals surface area contributed by atoms with Gasteiger partial charge >= 0.3 is 0 Å². The molecule has 0 saturated carbocycles. The van der Waals surface area contributed by atoms with E-state index in [0.717, 1.165) is 25.8 Å². The first-order valence-electron chi connectivity index (χ1n) is 6.51. The number of anilines is 1. The van der Waals surface area contributed by atoms with Gasteiger partial charge in [-0.15, -0.1) is 0 Å². The normalized spacial score (nSPS) is 18.4. The molecule has 4 nitrogen and oxygen atoms in total. The van der Waals surface area contributed by atoms with E-state index in [4.69, 9.17) is 5.26 Å². The summed E-state index contributed by atoms with van der Waals surface area (Å²) in [6.45, 7) is 0.811. The first-order chi connectivity index (χ1) is 9.61. The van der Waals surface area contributed by atoms with Crippen LogP contribution in [0.3, 0.4) is 0 Å². The number of hydrogen-bond acceptors (Lipinski definition) is 3. The van der Waals surface area contributed by atoms with Gasteiger partial charge in [-0.05, 0) is 37.1 Å². The van der Waals surface area contributed by atoms with E-state index >= 15 is 0 Å². The van der Waals surface area contributed by atoms with Crippen LogP contribution in [0.15, 0.2) is 16.6 Å². The third-order valence-electron chi connectivity index (χ3n) is 3.29. The van der Waals surface area contributed by atoms with Crippen LogP contribution in [0.4, 0.5) is 10.1 Å². The topological polar surface area (TPSA) is 64.9 Å². The standard InChI is InChI=1S/C14H15BrFN3O/c15-10-8-13(11(16)7-9(10)4-5-17)19-14(20)12-3-1-2-6-18-12/h7-8,12,18H,1-4,6H2,(H,19,20). The molecule has 1 aromatic rings. The molecule has 0 aromatic heterocycles. The molecule has 0 bridgehead atoms. The van der Waals surface area contributed by atoms with E-state index in [1.807, 2.05) is 6.07 Å². The van der Waals surface area contributed by atoms with Gasteiger partial charge in [0.15, 0.2) is 0 Å². The number of nitrogens with zero attached hydrogens (tertiary/aromatic N) is 1. The van der Waals surface area contributed by atoms with Crippen molar-refractivity contribution in [3.63, 3.8) is 0 Å². The molecule has 0 aliphatic carbocycles. The maximum atomic E-state index is 13.9. The fourth-order valence-corrected chi connectivity index (χ4v) is 2.68. The van der Waals surface area contributed by atoms with E-state index in [-0.39, 0.29) is 24.1 Å². The summed E-state index contributed by atoms with van der Waals surface area (Å²) < 4.78 is 14.5. The largest absolute Gasteiger partial charge is 0.322 e. The van der Waals surface area contributed by atoms with Crippen LogP contribution >= 0.6 is 15.9 Å². The second-order valence-corrected chi connectivity index (χ2v) is 5.60. The highest BCUT2D eigenvalue weighted by Crippen LogP contribution is 2.25. The van der Waals surface area contributed by atoms with E-state index in [1.165, 1.54) is 12.1 Å². The minimum absolute atomic E-state index is 0.121. The monoisotopic (exact) mass is 339 g/mol. The SMILES string of the molecule is N#CCc1cc(F)c(NC(=O)C2CCCCN2)cc1Br. The fourth-order valence-electron chi connectivity index (χ4n) is 2.20. The van der Waals surface area contributed by atoms with Gasteiger partial charge in [-0.25, -0.2) is 4.39 Å². The Hall–Kier alpha value is -1.45. The van der Waals surface area contributed by atoms with Crippen LogP contribution in [0.5, 0.6) is 0 Å². The molecule has 1 heterocycles. The summed E-state index contributed by atoms with van der Waals surface area (Å²) in [7, 11) is 0. The molecular weight excluding hydrogens is 325 g/mol. The smallest absolute Gasteiger partial charge is 0.241 e. The Kier molecular flexibility index (Phi) is 5.10. The second-order valence-electron chi connectivity index (χ2n) is 4.75. The molecule has 0 spiro atoms. The number of rotatable bonds is 3. The zero-order valence-electron chi connectivity index (χ0n) is 10.9. The van der Waals surface area contributed by atoms with Crippen LogP contribution in [0, 0.1) is 17.1 Å². The number of benzene rings is 1. The molecule has 2 N–H and O–H groups in total. The Morgan fingerprint density at radius 1 is 1.55 bits per heavy atom. The lowest BCUT2D eigenvalue weighted by atomic mass is 10.0. The lowest BCUT2D eigenvalue weighted by molar-refractivity contribution is -0.118. The van der Waals surface area contributed by atoms with Gasteiger partial charge in [0.2, 0.25) is 5.91 Å². The van der Waals surface area contributed by atoms with Crippen molar-refractivity contribution in [2.45, 2.75) is 31.7 Å². The van der Waals surface area contributed by atoms with Crippen molar-refractivity contribution in [1.29, 1.82) is 5.26 Å². The summed E-state index contributed by atoms with van der Waals surface area (Å²) in [6.07, 6.45) is 2.95. The van der Waals surface area contributed by atoms with Gasteiger partial charge < -0.3 is 10.6 Å². The molecule has 1 unspecified atom stereocenters. The van der Waals surface area contributed by atoms with Crippen LogP contribution in [0.25, 0.3) is 0 Å². The first kappa shape index (κ1) is 14.9. The lowest BCUT2D eigenvalue weighted by Gasteiger charge is -2.22. The fraction of sp³-hybridized carbons (Fsp3) is 0.429. The highest BCUT2D eigenvalue weighted by Gasteiger charge is 2.21. The van der Waals surface area contributed by atoms with Gasteiger partial charge in [0.25, 0.3) is 0 Å². The molecule has 1 aliphatic rings. The predicted octanol–water partition coefficient (Wildman–Crippen LogP) is 2.73. The van der Waals surface area contributed by atoms with Crippen LogP contribution in [0.2, 0.25) is 0 Å². The number of nitrogens with one attached hydrogen (secondary N) is 2. The van der Waals surface area contributed by atoms with Crippen molar-refractivity contribution in [1.82, 2.24) is 5.32 Å². The highest BCUT2D eigenvalue weighted by atomic mass is 79.9. The Morgan fingerprint density at radius 3 is 3.00 bits per heavy atom. The Morgan fingerprint density at radius 2 is 2.35 bits per heavy atom. The Labute approximate surface area is 125 Å². The molecule has 1 fully saturated rings. The highest BCUT2D eigenvalue weighted by molar-refractivity contribution is 9.10. The number of hydrogen-bond donors (Lipinski definition) is 2. The van der Waals surface area contributed by atoms with Crippen molar-refractivity contribution < 1.29 is 9.18 Å².